The van der Waals surface area contributed by atoms with Gasteiger partial charge in [0.2, 0.25) is 0 Å². The number of thiophene rings is 1. The zero-order valence-electron chi connectivity index (χ0n) is 19.6. The molecule has 0 saturated carbocycles. The topological polar surface area (TPSA) is 38.3 Å². The number of carbonyl (C=O) groups is 1. The molecule has 1 amide bonds. The fourth-order valence-electron chi connectivity index (χ4n) is 3.66. The Hall–Kier alpha value is -2.34. The van der Waals surface area contributed by atoms with E-state index in [1.165, 1.54) is 16.9 Å². The summed E-state index contributed by atoms with van der Waals surface area (Å²) in [5.74, 6) is 0.783. The predicted octanol–water partition coefficient (Wildman–Crippen LogP) is 2.55. The standard InChI is InChI=1S/C27H34N2O2S.ClH/c1-29(2,22-23-10-5-3-6-11-23)19-18-28-27(30)24-14-16-25(17-15-24)31-20-8-4-7-12-26-13-9-21-32-26;/h3,5-6,9-11,13-17,21H,4,7-8,12,18-20,22H2,1-2H3;1H. The number of amides is 1. The van der Waals surface area contributed by atoms with Crippen molar-refractivity contribution in [2.75, 3.05) is 33.8 Å². The molecule has 1 N–H and O–H groups in total. The lowest BCUT2D eigenvalue weighted by molar-refractivity contribution is -0.902. The van der Waals surface area contributed by atoms with E-state index < -0.39 is 0 Å². The monoisotopic (exact) mass is 486 g/mol. The van der Waals surface area contributed by atoms with E-state index in [0.29, 0.717) is 18.7 Å². The van der Waals surface area contributed by atoms with Crippen LogP contribution in [-0.2, 0) is 13.0 Å². The van der Waals surface area contributed by atoms with Crippen LogP contribution in [0.15, 0.2) is 72.1 Å². The zero-order chi connectivity index (χ0) is 22.7. The van der Waals surface area contributed by atoms with Gasteiger partial charge in [-0.25, -0.2) is 0 Å². The number of likely N-dealkylation sites (N-methyl/N-ethyl adjacent to an activating group) is 1. The first-order valence-corrected chi connectivity index (χ1v) is 12.3. The van der Waals surface area contributed by atoms with Gasteiger partial charge in [0.1, 0.15) is 12.3 Å². The molecule has 0 fully saturated rings. The van der Waals surface area contributed by atoms with Crippen molar-refractivity contribution < 1.29 is 26.4 Å². The molecule has 0 spiro atoms. The van der Waals surface area contributed by atoms with Crippen LogP contribution in [0.5, 0.6) is 5.75 Å². The average Bonchev–Trinajstić information content (AvgIpc) is 3.30. The molecule has 3 aromatic rings. The van der Waals surface area contributed by atoms with Crippen LogP contribution in [0.4, 0.5) is 0 Å². The van der Waals surface area contributed by atoms with Crippen molar-refractivity contribution in [3.63, 3.8) is 0 Å². The highest BCUT2D eigenvalue weighted by atomic mass is 35.5. The molecule has 0 radical (unpaired) electrons. The molecular formula is C27H35ClN2O2S. The fourth-order valence-corrected chi connectivity index (χ4v) is 4.41. The second kappa shape index (κ2) is 14.0. The molecule has 0 aliphatic carbocycles. The molecule has 178 valence electrons. The number of carbonyl (C=O) groups excluding carboxylic acids is 1. The van der Waals surface area contributed by atoms with E-state index in [1.54, 1.807) is 0 Å². The van der Waals surface area contributed by atoms with Gasteiger partial charge in [-0.1, -0.05) is 36.4 Å². The highest BCUT2D eigenvalue weighted by Crippen LogP contribution is 2.15. The fraction of sp³-hybridized carbons (Fsp3) is 0.370. The molecule has 0 aliphatic heterocycles. The molecule has 0 aliphatic rings. The Morgan fingerprint density at radius 2 is 1.70 bits per heavy atom. The van der Waals surface area contributed by atoms with E-state index in [4.69, 9.17) is 4.74 Å². The lowest BCUT2D eigenvalue weighted by Crippen LogP contribution is -3.00. The molecule has 2 aromatic carbocycles. The lowest BCUT2D eigenvalue weighted by atomic mass is 10.2. The smallest absolute Gasteiger partial charge is 0.251 e. The Morgan fingerprint density at radius 1 is 0.939 bits per heavy atom. The summed E-state index contributed by atoms with van der Waals surface area (Å²) in [5, 5.41) is 5.18. The number of rotatable bonds is 13. The van der Waals surface area contributed by atoms with Gasteiger partial charge in [0, 0.05) is 16.0 Å². The molecule has 1 heterocycles. The molecule has 6 heteroatoms. The van der Waals surface area contributed by atoms with E-state index in [-0.39, 0.29) is 18.3 Å². The van der Waals surface area contributed by atoms with Crippen molar-refractivity contribution in [1.82, 2.24) is 5.32 Å². The summed E-state index contributed by atoms with van der Waals surface area (Å²) < 4.78 is 6.65. The van der Waals surface area contributed by atoms with Crippen LogP contribution in [-0.4, -0.2) is 44.2 Å². The third-order valence-electron chi connectivity index (χ3n) is 5.49. The van der Waals surface area contributed by atoms with E-state index >= 15 is 0 Å². The molecule has 33 heavy (non-hydrogen) atoms. The number of halogens is 1. The number of nitrogens with one attached hydrogen (secondary N) is 1. The summed E-state index contributed by atoms with van der Waals surface area (Å²) in [6, 6.07) is 22.2. The van der Waals surface area contributed by atoms with Crippen molar-refractivity contribution in [2.45, 2.75) is 32.2 Å². The maximum atomic E-state index is 12.5. The van der Waals surface area contributed by atoms with Crippen molar-refractivity contribution >= 4 is 17.2 Å². The minimum Gasteiger partial charge on any atom is -1.00 e. The molecule has 1 aromatic heterocycles. The van der Waals surface area contributed by atoms with Gasteiger partial charge < -0.3 is 26.9 Å². The number of quaternary nitrogens is 1. The first kappa shape index (κ1) is 26.9. The number of benzene rings is 2. The number of hydrogen-bond acceptors (Lipinski definition) is 3. The van der Waals surface area contributed by atoms with Gasteiger partial charge in [-0.2, -0.15) is 0 Å². The molecular weight excluding hydrogens is 452 g/mol. The van der Waals surface area contributed by atoms with Gasteiger partial charge >= 0.3 is 0 Å². The van der Waals surface area contributed by atoms with Crippen molar-refractivity contribution in [3.05, 3.63) is 88.1 Å². The third-order valence-corrected chi connectivity index (χ3v) is 6.43. The lowest BCUT2D eigenvalue weighted by Gasteiger charge is -2.30. The minimum atomic E-state index is -0.0372. The first-order chi connectivity index (χ1) is 15.5. The molecule has 0 unspecified atom stereocenters. The highest BCUT2D eigenvalue weighted by Gasteiger charge is 2.16. The van der Waals surface area contributed by atoms with Gasteiger partial charge in [-0.05, 0) is 61.4 Å². The Bertz CT molecular complexity index is 929. The number of aryl methyl sites for hydroxylation is 1. The van der Waals surface area contributed by atoms with Crippen LogP contribution in [0.25, 0.3) is 0 Å². The van der Waals surface area contributed by atoms with Crippen molar-refractivity contribution in [2.24, 2.45) is 0 Å². The number of hydrogen-bond donors (Lipinski definition) is 1. The van der Waals surface area contributed by atoms with Gasteiger partial charge in [0.05, 0.1) is 33.8 Å². The minimum absolute atomic E-state index is 0. The van der Waals surface area contributed by atoms with Crippen LogP contribution in [0.3, 0.4) is 0 Å². The van der Waals surface area contributed by atoms with E-state index in [9.17, 15) is 4.79 Å². The SMILES string of the molecule is C[N+](C)(CCNC(=O)c1ccc(OCCCCCc2cccs2)cc1)Cc1ccccc1.[Cl-]. The summed E-state index contributed by atoms with van der Waals surface area (Å²) in [5.41, 5.74) is 1.98. The van der Waals surface area contributed by atoms with Crippen LogP contribution in [0.1, 0.15) is 40.1 Å². The molecule has 0 atom stereocenters. The van der Waals surface area contributed by atoms with E-state index in [1.807, 2.05) is 41.7 Å². The third kappa shape index (κ3) is 9.99. The van der Waals surface area contributed by atoms with Crippen LogP contribution in [0, 0.1) is 0 Å². The van der Waals surface area contributed by atoms with Gasteiger partial charge in [0.15, 0.2) is 0 Å². The second-order valence-corrected chi connectivity index (χ2v) is 9.85. The number of unbranched alkanes of at least 4 members (excludes halogenated alkanes) is 2. The summed E-state index contributed by atoms with van der Waals surface area (Å²) in [7, 11) is 4.38. The molecule has 4 nitrogen and oxygen atoms in total. The van der Waals surface area contributed by atoms with Gasteiger partial charge in [0.25, 0.3) is 5.91 Å². The summed E-state index contributed by atoms with van der Waals surface area (Å²) in [6.45, 7) is 3.16. The second-order valence-electron chi connectivity index (χ2n) is 8.82. The summed E-state index contributed by atoms with van der Waals surface area (Å²) >= 11 is 1.83. The summed E-state index contributed by atoms with van der Waals surface area (Å²) in [6.07, 6.45) is 4.57. The molecule has 0 bridgehead atoms. The van der Waals surface area contributed by atoms with Crippen molar-refractivity contribution in [1.29, 1.82) is 0 Å². The highest BCUT2D eigenvalue weighted by molar-refractivity contribution is 7.09. The largest absolute Gasteiger partial charge is 1.00 e. The van der Waals surface area contributed by atoms with Crippen LogP contribution in [0.2, 0.25) is 0 Å². The maximum absolute atomic E-state index is 12.5. The van der Waals surface area contributed by atoms with Gasteiger partial charge in [-0.3, -0.25) is 4.79 Å². The maximum Gasteiger partial charge on any atom is 0.251 e. The molecule has 0 saturated heterocycles. The van der Waals surface area contributed by atoms with E-state index in [0.717, 1.165) is 42.6 Å². The van der Waals surface area contributed by atoms with E-state index in [2.05, 4.69) is 61.2 Å². The summed E-state index contributed by atoms with van der Waals surface area (Å²) in [4.78, 5) is 13.9. The quantitative estimate of drug-likeness (QED) is 0.298. The Labute approximate surface area is 208 Å². The van der Waals surface area contributed by atoms with Crippen LogP contribution < -0.4 is 22.5 Å². The first-order valence-electron chi connectivity index (χ1n) is 11.4. The van der Waals surface area contributed by atoms with Crippen molar-refractivity contribution in [3.8, 4) is 5.75 Å². The number of ether oxygens (including phenoxy) is 1. The Balaban J connectivity index is 0.00000385. The van der Waals surface area contributed by atoms with Crippen LogP contribution >= 0.6 is 11.3 Å². The Kier molecular flexibility index (Phi) is 11.4. The Morgan fingerprint density at radius 3 is 2.39 bits per heavy atom. The van der Waals surface area contributed by atoms with Gasteiger partial charge in [-0.15, -0.1) is 11.3 Å². The normalized spacial score (nSPS) is 11.0. The zero-order valence-corrected chi connectivity index (χ0v) is 21.2. The predicted molar refractivity (Wildman–Crippen MR) is 133 cm³/mol. The number of nitrogens with zero attached hydrogens (tertiary/aromatic N) is 1. The average molecular weight is 487 g/mol. The molecule has 3 rings (SSSR count).